The first kappa shape index (κ1) is 22.7. The molecule has 0 bridgehead atoms. The van der Waals surface area contributed by atoms with Gasteiger partial charge in [0, 0.05) is 63.8 Å². The summed E-state index contributed by atoms with van der Waals surface area (Å²) in [6.07, 6.45) is -0.902. The van der Waals surface area contributed by atoms with Gasteiger partial charge in [0.2, 0.25) is 0 Å². The molecule has 1 N–H and O–H groups in total. The van der Waals surface area contributed by atoms with E-state index in [4.69, 9.17) is 4.74 Å². The molecule has 8 nitrogen and oxygen atoms in total. The zero-order valence-corrected chi connectivity index (χ0v) is 19.3. The first-order valence-corrected chi connectivity index (χ1v) is 12.1. The lowest BCUT2D eigenvalue weighted by Crippen LogP contribution is -2.68. The van der Waals surface area contributed by atoms with Gasteiger partial charge in [-0.3, -0.25) is 4.90 Å². The lowest BCUT2D eigenvalue weighted by molar-refractivity contribution is -0.0234. The van der Waals surface area contributed by atoms with Crippen LogP contribution in [0.25, 0.3) is 0 Å². The fraction of sp³-hybridized carbons (Fsp3) is 0.462. The number of nitrogens with zero attached hydrogens (tertiary/aromatic N) is 4. The van der Waals surface area contributed by atoms with E-state index in [2.05, 4.69) is 29.2 Å². The van der Waals surface area contributed by atoms with Gasteiger partial charge in [-0.15, -0.1) is 0 Å². The van der Waals surface area contributed by atoms with Crippen molar-refractivity contribution in [3.05, 3.63) is 71.8 Å². The number of benzene rings is 2. The van der Waals surface area contributed by atoms with Gasteiger partial charge in [0.1, 0.15) is 0 Å². The zero-order chi connectivity index (χ0) is 23.5. The number of ether oxygens (including phenoxy) is 1. The summed E-state index contributed by atoms with van der Waals surface area (Å²) in [5, 5.41) is 9.95. The van der Waals surface area contributed by atoms with Crippen molar-refractivity contribution in [2.45, 2.75) is 18.0 Å². The molecule has 180 valence electrons. The predicted molar refractivity (Wildman–Crippen MR) is 128 cm³/mol. The molecule has 2 aromatic carbocycles. The molecular formula is C26H32N4O4. The van der Waals surface area contributed by atoms with Crippen LogP contribution >= 0.6 is 0 Å². The van der Waals surface area contributed by atoms with Gasteiger partial charge >= 0.3 is 12.1 Å². The van der Waals surface area contributed by atoms with Crippen LogP contribution in [0, 0.1) is 0 Å². The Balaban J connectivity index is 1.44. The summed E-state index contributed by atoms with van der Waals surface area (Å²) in [6, 6.07) is 20.7. The number of hydrogen-bond donors (Lipinski definition) is 1. The van der Waals surface area contributed by atoms with Gasteiger partial charge in [0.05, 0.1) is 13.2 Å². The van der Waals surface area contributed by atoms with Crippen LogP contribution in [-0.4, -0.2) is 108 Å². The fourth-order valence-corrected chi connectivity index (χ4v) is 5.67. The zero-order valence-electron chi connectivity index (χ0n) is 19.3. The second-order valence-corrected chi connectivity index (χ2v) is 9.27. The maximum atomic E-state index is 13.1. The van der Waals surface area contributed by atoms with E-state index in [0.29, 0.717) is 52.5 Å². The number of carbonyl (C=O) groups is 2. The molecule has 3 saturated heterocycles. The van der Waals surface area contributed by atoms with Gasteiger partial charge in [-0.05, 0) is 11.1 Å². The molecule has 0 saturated carbocycles. The van der Waals surface area contributed by atoms with Crippen molar-refractivity contribution < 1.29 is 19.4 Å². The lowest BCUT2D eigenvalue weighted by Gasteiger charge is -2.53. The first-order valence-electron chi connectivity index (χ1n) is 12.1. The normalized spacial score (nSPS) is 23.6. The minimum absolute atomic E-state index is 0.0136. The maximum Gasteiger partial charge on any atom is 0.407 e. The average Bonchev–Trinajstić information content (AvgIpc) is 2.89. The summed E-state index contributed by atoms with van der Waals surface area (Å²) in [4.78, 5) is 33.0. The highest BCUT2D eigenvalue weighted by molar-refractivity contribution is 5.75. The second kappa shape index (κ2) is 10.0. The van der Waals surface area contributed by atoms with Crippen LogP contribution in [-0.2, 0) is 4.74 Å². The molecule has 2 aromatic rings. The van der Waals surface area contributed by atoms with Crippen molar-refractivity contribution in [2.75, 3.05) is 59.0 Å². The number of hydrogen-bond acceptors (Lipinski definition) is 4. The molecule has 34 heavy (non-hydrogen) atoms. The quantitative estimate of drug-likeness (QED) is 0.756. The molecule has 0 spiro atoms. The summed E-state index contributed by atoms with van der Waals surface area (Å²) >= 11 is 0. The van der Waals surface area contributed by atoms with Gasteiger partial charge < -0.3 is 24.5 Å². The van der Waals surface area contributed by atoms with Crippen LogP contribution in [0.5, 0.6) is 0 Å². The average molecular weight is 465 g/mol. The lowest BCUT2D eigenvalue weighted by atomic mass is 9.82. The Morgan fingerprint density at radius 3 is 1.94 bits per heavy atom. The first-order chi connectivity index (χ1) is 16.6. The Morgan fingerprint density at radius 1 is 0.765 bits per heavy atom. The summed E-state index contributed by atoms with van der Waals surface area (Å²) in [6.45, 7) is 5.12. The number of piperazine rings is 2. The number of rotatable bonds is 3. The third-order valence-corrected chi connectivity index (χ3v) is 7.32. The van der Waals surface area contributed by atoms with Crippen molar-refractivity contribution in [1.82, 2.24) is 19.6 Å². The molecule has 2 atom stereocenters. The number of carboxylic acid groups (broad SMARTS) is 1. The largest absolute Gasteiger partial charge is 0.465 e. The topological polar surface area (TPSA) is 76.6 Å². The third kappa shape index (κ3) is 4.60. The van der Waals surface area contributed by atoms with Crippen molar-refractivity contribution in [1.29, 1.82) is 0 Å². The molecule has 3 aliphatic heterocycles. The fourth-order valence-electron chi connectivity index (χ4n) is 5.67. The molecule has 5 rings (SSSR count). The van der Waals surface area contributed by atoms with Crippen LogP contribution in [0.1, 0.15) is 17.0 Å². The molecule has 3 fully saturated rings. The molecule has 8 heteroatoms. The van der Waals surface area contributed by atoms with Crippen LogP contribution in [0.2, 0.25) is 0 Å². The van der Waals surface area contributed by atoms with Crippen LogP contribution in [0.15, 0.2) is 60.7 Å². The number of carbonyl (C=O) groups excluding carboxylic acids is 1. The van der Waals surface area contributed by atoms with Gasteiger partial charge in [0.15, 0.2) is 0 Å². The Hall–Kier alpha value is -3.10. The molecular weight excluding hydrogens is 432 g/mol. The highest BCUT2D eigenvalue weighted by Gasteiger charge is 2.44. The van der Waals surface area contributed by atoms with Crippen LogP contribution < -0.4 is 0 Å². The third-order valence-electron chi connectivity index (χ3n) is 7.32. The predicted octanol–water partition coefficient (Wildman–Crippen LogP) is 2.62. The van der Waals surface area contributed by atoms with E-state index in [1.807, 2.05) is 46.2 Å². The minimum atomic E-state index is -0.902. The van der Waals surface area contributed by atoms with Gasteiger partial charge in [0.25, 0.3) is 0 Å². The highest BCUT2D eigenvalue weighted by Crippen LogP contribution is 2.35. The van der Waals surface area contributed by atoms with Gasteiger partial charge in [-0.1, -0.05) is 60.7 Å². The highest BCUT2D eigenvalue weighted by atomic mass is 16.5. The van der Waals surface area contributed by atoms with Gasteiger partial charge in [-0.2, -0.15) is 0 Å². The van der Waals surface area contributed by atoms with E-state index in [1.54, 1.807) is 0 Å². The Bertz CT molecular complexity index is 943. The van der Waals surface area contributed by atoms with Crippen molar-refractivity contribution in [3.8, 4) is 0 Å². The Labute approximate surface area is 200 Å². The summed E-state index contributed by atoms with van der Waals surface area (Å²) in [7, 11) is 0. The van der Waals surface area contributed by atoms with Crippen molar-refractivity contribution in [3.63, 3.8) is 0 Å². The molecule has 0 radical (unpaired) electrons. The molecule has 3 heterocycles. The standard InChI is InChI=1S/C26H32N4O4/c31-25(27-13-15-34-16-14-27)28-11-12-30-22(17-28)18-29(26(32)33)19-23(30)24(20-7-3-1-4-8-20)21-9-5-2-6-10-21/h1-10,22-24H,11-19H2,(H,32,33)/t22-,23?/m0/s1. The molecule has 0 aliphatic carbocycles. The van der Waals surface area contributed by atoms with E-state index in [-0.39, 0.29) is 24.0 Å². The Kier molecular flexibility index (Phi) is 6.69. The smallest absolute Gasteiger partial charge is 0.407 e. The number of urea groups is 1. The van der Waals surface area contributed by atoms with E-state index in [9.17, 15) is 14.7 Å². The molecule has 1 unspecified atom stereocenters. The van der Waals surface area contributed by atoms with E-state index < -0.39 is 6.09 Å². The Morgan fingerprint density at radius 2 is 1.35 bits per heavy atom. The monoisotopic (exact) mass is 464 g/mol. The van der Waals surface area contributed by atoms with E-state index in [0.717, 1.165) is 6.54 Å². The van der Waals surface area contributed by atoms with Crippen LogP contribution in [0.3, 0.4) is 0 Å². The number of amides is 3. The number of fused-ring (bicyclic) bond motifs is 1. The molecule has 0 aromatic heterocycles. The van der Waals surface area contributed by atoms with Crippen LogP contribution in [0.4, 0.5) is 9.59 Å². The molecule has 3 aliphatic rings. The second-order valence-electron chi connectivity index (χ2n) is 9.27. The number of morpholine rings is 1. The SMILES string of the molecule is O=C(O)N1CC(C(c2ccccc2)c2ccccc2)N2CCN(C(=O)N3CCOCC3)C[C@H]2C1. The summed E-state index contributed by atoms with van der Waals surface area (Å²) < 4.78 is 5.40. The van der Waals surface area contributed by atoms with E-state index in [1.165, 1.54) is 16.0 Å². The molecule has 3 amide bonds. The van der Waals surface area contributed by atoms with E-state index >= 15 is 0 Å². The summed E-state index contributed by atoms with van der Waals surface area (Å²) in [5.41, 5.74) is 2.35. The summed E-state index contributed by atoms with van der Waals surface area (Å²) in [5.74, 6) is 0.0357. The maximum absolute atomic E-state index is 13.1. The van der Waals surface area contributed by atoms with Gasteiger partial charge in [-0.25, -0.2) is 9.59 Å². The van der Waals surface area contributed by atoms with Crippen molar-refractivity contribution in [2.24, 2.45) is 0 Å². The minimum Gasteiger partial charge on any atom is -0.465 e. The van der Waals surface area contributed by atoms with Crippen molar-refractivity contribution >= 4 is 12.1 Å².